The number of benzene rings is 1. The van der Waals surface area contributed by atoms with Gasteiger partial charge < -0.3 is 5.32 Å². The summed E-state index contributed by atoms with van der Waals surface area (Å²) in [4.78, 5) is 0. The molecule has 18 heavy (non-hydrogen) atoms. The minimum Gasteiger partial charge on any atom is -0.313 e. The second-order valence-electron chi connectivity index (χ2n) is 5.81. The lowest BCUT2D eigenvalue weighted by atomic mass is 9.80. The monoisotopic (exact) mass is 251 g/mol. The van der Waals surface area contributed by atoms with Gasteiger partial charge in [-0.2, -0.15) is 0 Å². The fourth-order valence-corrected chi connectivity index (χ4v) is 4.08. The molecule has 1 aromatic carbocycles. The maximum atomic E-state index is 13.3. The van der Waals surface area contributed by atoms with Crippen LogP contribution in [0.2, 0.25) is 0 Å². The highest BCUT2D eigenvalue weighted by molar-refractivity contribution is 5.23. The van der Waals surface area contributed by atoms with Crippen LogP contribution in [0.25, 0.3) is 0 Å². The number of hydrogen-bond acceptors (Lipinski definition) is 1. The van der Waals surface area contributed by atoms with E-state index in [1.807, 2.05) is 7.05 Å². The van der Waals surface area contributed by atoms with Crippen LogP contribution < -0.4 is 5.32 Å². The molecule has 0 radical (unpaired) electrons. The van der Waals surface area contributed by atoms with Crippen LogP contribution in [0.4, 0.5) is 8.78 Å². The highest BCUT2D eigenvalue weighted by Crippen LogP contribution is 2.52. The zero-order valence-electron chi connectivity index (χ0n) is 10.6. The van der Waals surface area contributed by atoms with Gasteiger partial charge in [0, 0.05) is 12.1 Å². The molecule has 0 aliphatic heterocycles. The largest absolute Gasteiger partial charge is 0.313 e. The van der Waals surface area contributed by atoms with Crippen LogP contribution in [-0.2, 0) is 0 Å². The van der Waals surface area contributed by atoms with E-state index >= 15 is 0 Å². The van der Waals surface area contributed by atoms with Crippen LogP contribution in [0.15, 0.2) is 18.2 Å². The van der Waals surface area contributed by atoms with Gasteiger partial charge in [-0.15, -0.1) is 0 Å². The first-order chi connectivity index (χ1) is 8.67. The minimum atomic E-state index is -0.478. The standard InChI is InChI=1S/C15H19F2N/c1-18-15(11-6-12(16)8-13(17)7-11)14-5-9-2-3-10(14)4-9/h6-10,14-15,18H,2-5H2,1H3. The van der Waals surface area contributed by atoms with E-state index in [0.717, 1.165) is 23.5 Å². The summed E-state index contributed by atoms with van der Waals surface area (Å²) < 4.78 is 26.7. The Morgan fingerprint density at radius 1 is 1.11 bits per heavy atom. The van der Waals surface area contributed by atoms with Crippen molar-refractivity contribution in [3.8, 4) is 0 Å². The van der Waals surface area contributed by atoms with Crippen molar-refractivity contribution in [2.45, 2.75) is 31.7 Å². The molecule has 1 N–H and O–H groups in total. The molecule has 4 unspecified atom stereocenters. The van der Waals surface area contributed by atoms with Crippen molar-refractivity contribution in [1.29, 1.82) is 0 Å². The van der Waals surface area contributed by atoms with Crippen LogP contribution in [0, 0.1) is 29.4 Å². The molecule has 2 aliphatic carbocycles. The molecule has 2 bridgehead atoms. The fourth-order valence-electron chi connectivity index (χ4n) is 4.08. The van der Waals surface area contributed by atoms with Crippen molar-refractivity contribution in [1.82, 2.24) is 5.32 Å². The van der Waals surface area contributed by atoms with Gasteiger partial charge in [-0.3, -0.25) is 0 Å². The van der Waals surface area contributed by atoms with E-state index in [9.17, 15) is 8.78 Å². The molecular formula is C15H19F2N. The molecule has 2 aliphatic rings. The smallest absolute Gasteiger partial charge is 0.126 e. The van der Waals surface area contributed by atoms with E-state index in [0.29, 0.717) is 5.92 Å². The third-order valence-electron chi connectivity index (χ3n) is 4.78. The Bertz CT molecular complexity index is 426. The van der Waals surface area contributed by atoms with Crippen molar-refractivity contribution in [2.75, 3.05) is 7.05 Å². The van der Waals surface area contributed by atoms with E-state index in [4.69, 9.17) is 0 Å². The third-order valence-corrected chi connectivity index (χ3v) is 4.78. The van der Waals surface area contributed by atoms with Gasteiger partial charge in [-0.1, -0.05) is 6.42 Å². The van der Waals surface area contributed by atoms with Crippen molar-refractivity contribution < 1.29 is 8.78 Å². The minimum absolute atomic E-state index is 0.0884. The zero-order valence-corrected chi connectivity index (χ0v) is 10.6. The third kappa shape index (κ3) is 2.05. The molecule has 2 fully saturated rings. The number of nitrogens with one attached hydrogen (secondary N) is 1. The molecule has 0 saturated heterocycles. The van der Waals surface area contributed by atoms with Crippen LogP contribution in [0.5, 0.6) is 0 Å². The molecule has 3 heteroatoms. The lowest BCUT2D eigenvalue weighted by Gasteiger charge is -2.30. The molecule has 98 valence electrons. The van der Waals surface area contributed by atoms with E-state index in [1.54, 1.807) is 0 Å². The predicted octanol–water partition coefficient (Wildman–Crippen LogP) is 3.66. The number of fused-ring (bicyclic) bond motifs is 2. The molecule has 3 rings (SSSR count). The highest BCUT2D eigenvalue weighted by Gasteiger charge is 2.43. The summed E-state index contributed by atoms with van der Waals surface area (Å²) >= 11 is 0. The average molecular weight is 251 g/mol. The zero-order chi connectivity index (χ0) is 12.7. The Hall–Kier alpha value is -0.960. The molecule has 1 aromatic rings. The van der Waals surface area contributed by atoms with Crippen molar-refractivity contribution in [2.24, 2.45) is 17.8 Å². The van der Waals surface area contributed by atoms with Crippen molar-refractivity contribution in [3.63, 3.8) is 0 Å². The van der Waals surface area contributed by atoms with Gasteiger partial charge in [-0.05, 0) is 61.8 Å². The highest BCUT2D eigenvalue weighted by atomic mass is 19.1. The quantitative estimate of drug-likeness (QED) is 0.864. The van der Waals surface area contributed by atoms with Gasteiger partial charge in [-0.25, -0.2) is 8.78 Å². The summed E-state index contributed by atoms with van der Waals surface area (Å²) in [6, 6.07) is 3.97. The Kier molecular flexibility index (Phi) is 3.10. The van der Waals surface area contributed by atoms with Crippen LogP contribution in [0.3, 0.4) is 0 Å². The SMILES string of the molecule is CNC(c1cc(F)cc(F)c1)C1CC2CCC1C2. The molecular weight excluding hydrogens is 232 g/mol. The van der Waals surface area contributed by atoms with Crippen molar-refractivity contribution >= 4 is 0 Å². The first-order valence-corrected chi connectivity index (χ1v) is 6.80. The van der Waals surface area contributed by atoms with Crippen LogP contribution in [0.1, 0.15) is 37.3 Å². The molecule has 2 saturated carbocycles. The summed E-state index contributed by atoms with van der Waals surface area (Å²) in [5.41, 5.74) is 0.757. The lowest BCUT2D eigenvalue weighted by Crippen LogP contribution is -2.29. The Morgan fingerprint density at radius 3 is 2.33 bits per heavy atom. The molecule has 0 heterocycles. The van der Waals surface area contributed by atoms with Gasteiger partial charge in [0.05, 0.1) is 0 Å². The maximum Gasteiger partial charge on any atom is 0.126 e. The molecule has 0 amide bonds. The van der Waals surface area contributed by atoms with E-state index < -0.39 is 11.6 Å². The Labute approximate surface area is 107 Å². The molecule has 0 aromatic heterocycles. The van der Waals surface area contributed by atoms with E-state index in [2.05, 4.69) is 5.32 Å². The lowest BCUT2D eigenvalue weighted by molar-refractivity contribution is 0.259. The van der Waals surface area contributed by atoms with Crippen molar-refractivity contribution in [3.05, 3.63) is 35.4 Å². The Balaban J connectivity index is 1.87. The Morgan fingerprint density at radius 2 is 1.83 bits per heavy atom. The van der Waals surface area contributed by atoms with Gasteiger partial charge in [0.1, 0.15) is 11.6 Å². The number of hydrogen-bond donors (Lipinski definition) is 1. The van der Waals surface area contributed by atoms with Crippen LogP contribution >= 0.6 is 0 Å². The van der Waals surface area contributed by atoms with Gasteiger partial charge in [0.2, 0.25) is 0 Å². The molecule has 0 spiro atoms. The predicted molar refractivity (Wildman–Crippen MR) is 67.1 cm³/mol. The first kappa shape index (κ1) is 12.1. The maximum absolute atomic E-state index is 13.3. The number of halogens is 2. The fraction of sp³-hybridized carbons (Fsp3) is 0.600. The normalized spacial score (nSPS) is 31.8. The van der Waals surface area contributed by atoms with Gasteiger partial charge in [0.25, 0.3) is 0 Å². The molecule has 1 nitrogen and oxygen atoms in total. The summed E-state index contributed by atoms with van der Waals surface area (Å²) in [5, 5.41) is 3.27. The first-order valence-electron chi connectivity index (χ1n) is 6.80. The molecule has 4 atom stereocenters. The van der Waals surface area contributed by atoms with Gasteiger partial charge >= 0.3 is 0 Å². The number of rotatable bonds is 3. The van der Waals surface area contributed by atoms with E-state index in [-0.39, 0.29) is 6.04 Å². The summed E-state index contributed by atoms with van der Waals surface area (Å²) in [7, 11) is 1.89. The van der Waals surface area contributed by atoms with E-state index in [1.165, 1.54) is 37.8 Å². The average Bonchev–Trinajstić information content (AvgIpc) is 2.90. The second kappa shape index (κ2) is 4.61. The van der Waals surface area contributed by atoms with Crippen LogP contribution in [-0.4, -0.2) is 7.05 Å². The summed E-state index contributed by atoms with van der Waals surface area (Å²) in [6.45, 7) is 0. The van der Waals surface area contributed by atoms with Gasteiger partial charge in [0.15, 0.2) is 0 Å². The summed E-state index contributed by atoms with van der Waals surface area (Å²) in [5.74, 6) is 1.16. The second-order valence-corrected chi connectivity index (χ2v) is 5.81. The topological polar surface area (TPSA) is 12.0 Å². The summed E-state index contributed by atoms with van der Waals surface area (Å²) in [6.07, 6.45) is 5.13.